The molecular weight excluding hydrogens is 252 g/mol. The minimum atomic E-state index is -3.20. The number of nitrogens with zero attached hydrogens (tertiary/aromatic N) is 1. The predicted molar refractivity (Wildman–Crippen MR) is 73.8 cm³/mol. The molecule has 5 nitrogen and oxygen atoms in total. The second-order valence-electron chi connectivity index (χ2n) is 4.94. The summed E-state index contributed by atoms with van der Waals surface area (Å²) in [5, 5.41) is 2.80. The van der Waals surface area contributed by atoms with Crippen LogP contribution in [-0.2, 0) is 14.8 Å². The maximum Gasteiger partial charge on any atom is 0.221 e. The molecule has 1 amide bonds. The summed E-state index contributed by atoms with van der Waals surface area (Å²) in [5.74, 6) is 0.471. The summed E-state index contributed by atoms with van der Waals surface area (Å²) in [6.45, 7) is 7.50. The van der Waals surface area contributed by atoms with Gasteiger partial charge in [0.2, 0.25) is 15.9 Å². The summed E-state index contributed by atoms with van der Waals surface area (Å²) < 4.78 is 24.2. The Morgan fingerprint density at radius 3 is 2.33 bits per heavy atom. The van der Waals surface area contributed by atoms with E-state index < -0.39 is 10.0 Å². The van der Waals surface area contributed by atoms with E-state index in [0.29, 0.717) is 19.0 Å². The van der Waals surface area contributed by atoms with Gasteiger partial charge >= 0.3 is 0 Å². The predicted octanol–water partition coefficient (Wildman–Crippen LogP) is 1.21. The Hall–Kier alpha value is -0.620. The fraction of sp³-hybridized carbons (Fsp3) is 0.917. The summed E-state index contributed by atoms with van der Waals surface area (Å²) in [7, 11) is -3.20. The third kappa shape index (κ3) is 8.47. The van der Waals surface area contributed by atoms with Gasteiger partial charge in [-0.05, 0) is 18.8 Å². The molecule has 0 rings (SSSR count). The summed E-state index contributed by atoms with van der Waals surface area (Å²) in [4.78, 5) is 11.5. The minimum absolute atomic E-state index is 0.0830. The highest BCUT2D eigenvalue weighted by molar-refractivity contribution is 7.88. The molecule has 0 heterocycles. The Morgan fingerprint density at radius 1 is 1.28 bits per heavy atom. The van der Waals surface area contributed by atoms with Crippen molar-refractivity contribution in [2.45, 2.75) is 40.0 Å². The van der Waals surface area contributed by atoms with Crippen molar-refractivity contribution in [3.63, 3.8) is 0 Å². The van der Waals surface area contributed by atoms with E-state index in [-0.39, 0.29) is 18.9 Å². The van der Waals surface area contributed by atoms with Crippen LogP contribution in [0.4, 0.5) is 0 Å². The largest absolute Gasteiger partial charge is 0.356 e. The molecule has 1 N–H and O–H groups in total. The van der Waals surface area contributed by atoms with Crippen LogP contribution < -0.4 is 5.32 Å². The molecular formula is C12H26N2O3S. The Labute approximate surface area is 111 Å². The maximum absolute atomic E-state index is 11.5. The lowest BCUT2D eigenvalue weighted by atomic mass is 10.1. The number of rotatable bonds is 9. The molecule has 18 heavy (non-hydrogen) atoms. The molecule has 0 bridgehead atoms. The van der Waals surface area contributed by atoms with Crippen LogP contribution in [0.25, 0.3) is 0 Å². The molecule has 0 aromatic heterocycles. The number of carbonyl (C=O) groups excluding carboxylic acids is 1. The van der Waals surface area contributed by atoms with Gasteiger partial charge in [0.15, 0.2) is 0 Å². The van der Waals surface area contributed by atoms with Gasteiger partial charge in [-0.1, -0.05) is 20.8 Å². The molecule has 0 aliphatic rings. The van der Waals surface area contributed by atoms with E-state index in [1.54, 1.807) is 0 Å². The lowest BCUT2D eigenvalue weighted by Gasteiger charge is -2.18. The van der Waals surface area contributed by atoms with Gasteiger partial charge in [-0.25, -0.2) is 12.7 Å². The fourth-order valence-electron chi connectivity index (χ4n) is 1.51. The molecule has 0 aromatic carbocycles. The molecule has 108 valence electrons. The van der Waals surface area contributed by atoms with Crippen molar-refractivity contribution in [2.24, 2.45) is 5.92 Å². The van der Waals surface area contributed by atoms with Crippen LogP contribution in [0.3, 0.4) is 0 Å². The lowest BCUT2D eigenvalue weighted by molar-refractivity contribution is -0.121. The van der Waals surface area contributed by atoms with Gasteiger partial charge in [-0.15, -0.1) is 0 Å². The number of hydrogen-bond donors (Lipinski definition) is 1. The van der Waals surface area contributed by atoms with Gasteiger partial charge in [0.05, 0.1) is 6.26 Å². The van der Waals surface area contributed by atoms with Crippen molar-refractivity contribution in [2.75, 3.05) is 25.9 Å². The van der Waals surface area contributed by atoms with Crippen LogP contribution >= 0.6 is 0 Å². The first-order chi connectivity index (χ1) is 8.27. The van der Waals surface area contributed by atoms with Crippen molar-refractivity contribution in [1.29, 1.82) is 0 Å². The van der Waals surface area contributed by atoms with Crippen LogP contribution in [-0.4, -0.2) is 44.5 Å². The Morgan fingerprint density at radius 2 is 1.89 bits per heavy atom. The Balaban J connectivity index is 4.01. The zero-order valence-corrected chi connectivity index (χ0v) is 12.7. The topological polar surface area (TPSA) is 66.5 Å². The number of nitrogens with one attached hydrogen (secondary N) is 1. The third-order valence-corrected chi connectivity index (χ3v) is 3.88. The standard InChI is InChI=1S/C12H26N2O3S/c1-5-9-14(18(4,16)17)10-7-12(15)13-8-6-11(2)3/h11H,5-10H2,1-4H3,(H,13,15). The van der Waals surface area contributed by atoms with Gasteiger partial charge in [0, 0.05) is 26.1 Å². The molecule has 0 spiro atoms. The first kappa shape index (κ1) is 17.4. The fourth-order valence-corrected chi connectivity index (χ4v) is 2.44. The number of amides is 1. The molecule has 0 atom stereocenters. The van der Waals surface area contributed by atoms with Crippen molar-refractivity contribution < 1.29 is 13.2 Å². The minimum Gasteiger partial charge on any atom is -0.356 e. The van der Waals surface area contributed by atoms with E-state index in [1.165, 1.54) is 10.6 Å². The van der Waals surface area contributed by atoms with Crippen LogP contribution in [0.15, 0.2) is 0 Å². The summed E-state index contributed by atoms with van der Waals surface area (Å²) >= 11 is 0. The molecule has 0 aliphatic carbocycles. The van der Waals surface area contributed by atoms with Crippen molar-refractivity contribution in [3.8, 4) is 0 Å². The average Bonchev–Trinajstić information content (AvgIpc) is 2.21. The Bertz CT molecular complexity index is 339. The van der Waals surface area contributed by atoms with E-state index in [2.05, 4.69) is 19.2 Å². The van der Waals surface area contributed by atoms with Crippen molar-refractivity contribution in [1.82, 2.24) is 9.62 Å². The summed E-state index contributed by atoms with van der Waals surface area (Å²) in [6.07, 6.45) is 3.10. The second kappa shape index (κ2) is 8.48. The number of hydrogen-bond acceptors (Lipinski definition) is 3. The Kier molecular flexibility index (Phi) is 8.18. The van der Waals surface area contributed by atoms with E-state index in [4.69, 9.17) is 0 Å². The molecule has 0 fully saturated rings. The van der Waals surface area contributed by atoms with Crippen molar-refractivity contribution in [3.05, 3.63) is 0 Å². The van der Waals surface area contributed by atoms with E-state index in [1.807, 2.05) is 6.92 Å². The zero-order valence-electron chi connectivity index (χ0n) is 11.9. The third-order valence-electron chi connectivity index (χ3n) is 2.57. The molecule has 0 radical (unpaired) electrons. The van der Waals surface area contributed by atoms with Gasteiger partial charge in [-0.3, -0.25) is 4.79 Å². The highest BCUT2D eigenvalue weighted by atomic mass is 32.2. The second-order valence-corrected chi connectivity index (χ2v) is 6.93. The van der Waals surface area contributed by atoms with Crippen LogP contribution in [0.2, 0.25) is 0 Å². The highest BCUT2D eigenvalue weighted by Crippen LogP contribution is 2.01. The number of sulfonamides is 1. The maximum atomic E-state index is 11.5. The van der Waals surface area contributed by atoms with Crippen LogP contribution in [0, 0.1) is 5.92 Å². The van der Waals surface area contributed by atoms with E-state index in [9.17, 15) is 13.2 Å². The monoisotopic (exact) mass is 278 g/mol. The molecule has 0 saturated carbocycles. The van der Waals surface area contributed by atoms with Crippen molar-refractivity contribution >= 4 is 15.9 Å². The molecule has 0 saturated heterocycles. The highest BCUT2D eigenvalue weighted by Gasteiger charge is 2.16. The van der Waals surface area contributed by atoms with Gasteiger partial charge in [0.25, 0.3) is 0 Å². The normalized spacial score (nSPS) is 12.1. The van der Waals surface area contributed by atoms with Crippen LogP contribution in [0.1, 0.15) is 40.0 Å². The molecule has 0 unspecified atom stereocenters. The first-order valence-corrected chi connectivity index (χ1v) is 8.34. The van der Waals surface area contributed by atoms with E-state index >= 15 is 0 Å². The van der Waals surface area contributed by atoms with Gasteiger partial charge < -0.3 is 5.32 Å². The van der Waals surface area contributed by atoms with Gasteiger partial charge in [0.1, 0.15) is 0 Å². The summed E-state index contributed by atoms with van der Waals surface area (Å²) in [6, 6.07) is 0. The summed E-state index contributed by atoms with van der Waals surface area (Å²) in [5.41, 5.74) is 0. The smallest absolute Gasteiger partial charge is 0.221 e. The van der Waals surface area contributed by atoms with Crippen LogP contribution in [0.5, 0.6) is 0 Å². The molecule has 0 aliphatic heterocycles. The van der Waals surface area contributed by atoms with E-state index in [0.717, 1.165) is 12.8 Å². The average molecular weight is 278 g/mol. The van der Waals surface area contributed by atoms with Gasteiger partial charge in [-0.2, -0.15) is 0 Å². The molecule has 0 aromatic rings. The lowest BCUT2D eigenvalue weighted by Crippen LogP contribution is -2.35. The first-order valence-electron chi connectivity index (χ1n) is 6.49. The number of carbonyl (C=O) groups is 1. The quantitative estimate of drug-likeness (QED) is 0.689. The molecule has 6 heteroatoms. The zero-order chi connectivity index (χ0) is 14.2. The SMILES string of the molecule is CCCN(CCC(=O)NCCC(C)C)S(C)(=O)=O.